The molecule has 5 nitrogen and oxygen atoms in total. The molecule has 188 valence electrons. The van der Waals surface area contributed by atoms with Crippen molar-refractivity contribution in [1.29, 1.82) is 0 Å². The van der Waals surface area contributed by atoms with Crippen LogP contribution in [-0.4, -0.2) is 17.4 Å². The monoisotopic (exact) mass is 501 g/mol. The summed E-state index contributed by atoms with van der Waals surface area (Å²) in [4.78, 5) is 29.5. The number of amides is 1. The second-order valence-electron chi connectivity index (χ2n) is 9.73. The Bertz CT molecular complexity index is 1710. The summed E-state index contributed by atoms with van der Waals surface area (Å²) in [5, 5.41) is 0.492. The summed E-state index contributed by atoms with van der Waals surface area (Å²) >= 11 is 0. The van der Waals surface area contributed by atoms with Crippen LogP contribution >= 0.6 is 0 Å². The number of ether oxygens (including phenoxy) is 1. The number of para-hydroxylation sites is 1. The van der Waals surface area contributed by atoms with Crippen molar-refractivity contribution >= 4 is 16.9 Å². The summed E-state index contributed by atoms with van der Waals surface area (Å²) < 4.78 is 12.3. The molecule has 5 aromatic rings. The molecule has 2 heterocycles. The maximum atomic E-state index is 13.9. The molecule has 0 fully saturated rings. The van der Waals surface area contributed by atoms with Crippen molar-refractivity contribution in [1.82, 2.24) is 4.90 Å². The van der Waals surface area contributed by atoms with Crippen LogP contribution < -0.4 is 10.2 Å². The quantitative estimate of drug-likeness (QED) is 0.252. The lowest BCUT2D eigenvalue weighted by Gasteiger charge is -2.25. The van der Waals surface area contributed by atoms with Gasteiger partial charge in [0.25, 0.3) is 5.91 Å². The van der Waals surface area contributed by atoms with Gasteiger partial charge in [0.05, 0.1) is 17.0 Å². The molecule has 1 atom stereocenters. The predicted molar refractivity (Wildman–Crippen MR) is 148 cm³/mol. The van der Waals surface area contributed by atoms with Gasteiger partial charge in [0, 0.05) is 6.54 Å². The average Bonchev–Trinajstić information content (AvgIpc) is 3.21. The zero-order chi connectivity index (χ0) is 26.2. The van der Waals surface area contributed by atoms with E-state index in [1.807, 2.05) is 111 Å². The van der Waals surface area contributed by atoms with Gasteiger partial charge in [-0.15, -0.1) is 0 Å². The van der Waals surface area contributed by atoms with E-state index in [-0.39, 0.29) is 17.1 Å². The van der Waals surface area contributed by atoms with Crippen LogP contribution in [0.25, 0.3) is 11.0 Å². The van der Waals surface area contributed by atoms with Gasteiger partial charge in [-0.2, -0.15) is 0 Å². The van der Waals surface area contributed by atoms with Gasteiger partial charge in [-0.25, -0.2) is 0 Å². The average molecular weight is 502 g/mol. The van der Waals surface area contributed by atoms with Crippen molar-refractivity contribution in [3.8, 4) is 11.5 Å². The third-order valence-electron chi connectivity index (χ3n) is 7.22. The molecule has 0 aliphatic carbocycles. The molecule has 0 bridgehead atoms. The first-order chi connectivity index (χ1) is 18.5. The maximum absolute atomic E-state index is 13.9. The fourth-order valence-electron chi connectivity index (χ4n) is 5.12. The van der Waals surface area contributed by atoms with Gasteiger partial charge in [0.1, 0.15) is 17.1 Å². The van der Waals surface area contributed by atoms with Crippen LogP contribution in [0.15, 0.2) is 106 Å². The van der Waals surface area contributed by atoms with Crippen molar-refractivity contribution < 1.29 is 13.9 Å². The first-order valence-corrected chi connectivity index (χ1v) is 12.8. The first kappa shape index (κ1) is 23.7. The smallest absolute Gasteiger partial charge is 0.290 e. The summed E-state index contributed by atoms with van der Waals surface area (Å²) in [6.45, 7) is 4.38. The standard InChI is InChI=1S/C33H27NO4/c1-21-18-27-28(19-22(21)2)38-32-29(31(27)35)30(34(33(32)36)17-16-23-10-5-3-6-11-23)24-12-9-15-26(20-24)37-25-13-7-4-8-14-25/h3-15,18-20,30H,16-17H2,1-2H3. The number of fused-ring (bicyclic) bond motifs is 2. The van der Waals surface area contributed by atoms with E-state index in [1.54, 1.807) is 4.90 Å². The number of carbonyl (C=O) groups excluding carboxylic acids is 1. The van der Waals surface area contributed by atoms with E-state index in [4.69, 9.17) is 9.15 Å². The number of hydrogen-bond acceptors (Lipinski definition) is 4. The summed E-state index contributed by atoms with van der Waals surface area (Å²) in [7, 11) is 0. The molecular weight excluding hydrogens is 474 g/mol. The molecule has 0 N–H and O–H groups in total. The fourth-order valence-corrected chi connectivity index (χ4v) is 5.12. The highest BCUT2D eigenvalue weighted by Crippen LogP contribution is 2.39. The molecule has 1 unspecified atom stereocenters. The lowest BCUT2D eigenvalue weighted by Crippen LogP contribution is -2.31. The lowest BCUT2D eigenvalue weighted by molar-refractivity contribution is 0.0730. The molecule has 1 aliphatic heterocycles. The van der Waals surface area contributed by atoms with Gasteiger partial charge in [0.15, 0.2) is 5.43 Å². The molecule has 0 saturated carbocycles. The summed E-state index contributed by atoms with van der Waals surface area (Å²) in [6, 6.07) is 30.3. The van der Waals surface area contributed by atoms with E-state index < -0.39 is 6.04 Å². The summed E-state index contributed by atoms with van der Waals surface area (Å²) in [5.41, 5.74) is 4.59. The Morgan fingerprint density at radius 1 is 0.789 bits per heavy atom. The summed E-state index contributed by atoms with van der Waals surface area (Å²) in [5.74, 6) is 1.20. The number of benzene rings is 4. The third-order valence-corrected chi connectivity index (χ3v) is 7.22. The van der Waals surface area contributed by atoms with E-state index in [1.165, 1.54) is 0 Å². The van der Waals surface area contributed by atoms with Crippen molar-refractivity contribution in [3.05, 3.63) is 141 Å². The molecule has 38 heavy (non-hydrogen) atoms. The minimum absolute atomic E-state index is 0.123. The normalized spacial score (nSPS) is 14.6. The number of hydrogen-bond donors (Lipinski definition) is 0. The minimum atomic E-state index is -0.581. The van der Waals surface area contributed by atoms with Crippen molar-refractivity contribution in [3.63, 3.8) is 0 Å². The number of nitrogens with zero attached hydrogens (tertiary/aromatic N) is 1. The van der Waals surface area contributed by atoms with E-state index >= 15 is 0 Å². The molecule has 1 aliphatic rings. The van der Waals surface area contributed by atoms with E-state index in [2.05, 4.69) is 0 Å². The second kappa shape index (κ2) is 9.67. The lowest BCUT2D eigenvalue weighted by atomic mass is 9.97. The molecule has 0 spiro atoms. The Labute approximate surface area is 220 Å². The first-order valence-electron chi connectivity index (χ1n) is 12.8. The third kappa shape index (κ3) is 4.26. The Morgan fingerprint density at radius 3 is 2.24 bits per heavy atom. The second-order valence-corrected chi connectivity index (χ2v) is 9.73. The van der Waals surface area contributed by atoms with Crippen LogP contribution in [-0.2, 0) is 6.42 Å². The van der Waals surface area contributed by atoms with Crippen LogP contribution in [0.3, 0.4) is 0 Å². The van der Waals surface area contributed by atoms with Gasteiger partial charge in [-0.05, 0) is 78.9 Å². The van der Waals surface area contributed by atoms with Gasteiger partial charge >= 0.3 is 0 Å². The molecule has 0 saturated heterocycles. The molecule has 5 heteroatoms. The molecule has 0 radical (unpaired) electrons. The van der Waals surface area contributed by atoms with Gasteiger partial charge < -0.3 is 14.1 Å². The van der Waals surface area contributed by atoms with Crippen LogP contribution in [0, 0.1) is 13.8 Å². The molecule has 1 aromatic heterocycles. The zero-order valence-corrected chi connectivity index (χ0v) is 21.3. The molecule has 6 rings (SSSR count). The maximum Gasteiger partial charge on any atom is 0.290 e. The van der Waals surface area contributed by atoms with Gasteiger partial charge in [0.2, 0.25) is 5.76 Å². The minimum Gasteiger partial charge on any atom is -0.457 e. The van der Waals surface area contributed by atoms with Crippen molar-refractivity contribution in [2.75, 3.05) is 6.54 Å². The topological polar surface area (TPSA) is 59.8 Å². The van der Waals surface area contributed by atoms with Gasteiger partial charge in [-0.1, -0.05) is 60.7 Å². The van der Waals surface area contributed by atoms with E-state index in [0.717, 1.165) is 22.3 Å². The van der Waals surface area contributed by atoms with E-state index in [0.29, 0.717) is 41.0 Å². The predicted octanol–water partition coefficient (Wildman–Crippen LogP) is 6.99. The SMILES string of the molecule is Cc1cc2oc3c(c(=O)c2cc1C)C(c1cccc(Oc2ccccc2)c1)N(CCc1ccccc1)C3=O. The number of rotatable bonds is 6. The molecule has 4 aromatic carbocycles. The fraction of sp³-hybridized carbons (Fsp3) is 0.152. The number of carbonyl (C=O) groups is 1. The van der Waals surface area contributed by atoms with Gasteiger partial charge in [-0.3, -0.25) is 9.59 Å². The Hall–Kier alpha value is -4.64. The zero-order valence-electron chi connectivity index (χ0n) is 21.3. The largest absolute Gasteiger partial charge is 0.457 e. The highest BCUT2D eigenvalue weighted by Gasteiger charge is 2.42. The van der Waals surface area contributed by atoms with Crippen molar-refractivity contribution in [2.24, 2.45) is 0 Å². The Kier molecular flexibility index (Phi) is 6.04. The Morgan fingerprint density at radius 2 is 1.47 bits per heavy atom. The van der Waals surface area contributed by atoms with Crippen LogP contribution in [0.4, 0.5) is 0 Å². The highest BCUT2D eigenvalue weighted by molar-refractivity contribution is 5.99. The molecular formula is C33H27NO4. The van der Waals surface area contributed by atoms with Crippen LogP contribution in [0.5, 0.6) is 11.5 Å². The molecule has 1 amide bonds. The van der Waals surface area contributed by atoms with Crippen molar-refractivity contribution in [2.45, 2.75) is 26.3 Å². The highest BCUT2D eigenvalue weighted by atomic mass is 16.5. The number of aryl methyl sites for hydroxylation is 2. The summed E-state index contributed by atoms with van der Waals surface area (Å²) in [6.07, 6.45) is 0.656. The Balaban J connectivity index is 1.47. The van der Waals surface area contributed by atoms with Crippen LogP contribution in [0.2, 0.25) is 0 Å². The van der Waals surface area contributed by atoms with Crippen LogP contribution in [0.1, 0.15) is 44.4 Å². The van der Waals surface area contributed by atoms with E-state index in [9.17, 15) is 9.59 Å².